The highest BCUT2D eigenvalue weighted by atomic mass is 16.4. The van der Waals surface area contributed by atoms with Crippen LogP contribution in [0.2, 0.25) is 0 Å². The third kappa shape index (κ3) is 4.53. The Morgan fingerprint density at radius 3 is 2.30 bits per heavy atom. The minimum absolute atomic E-state index is 0.307. The van der Waals surface area contributed by atoms with Crippen LogP contribution in [0, 0.1) is 0 Å². The molecule has 140 valence electrons. The lowest BCUT2D eigenvalue weighted by molar-refractivity contribution is -0.148. The number of aliphatic carboxylic acids is 1. The van der Waals surface area contributed by atoms with E-state index in [4.69, 9.17) is 0 Å². The number of carboxylic acids is 1. The highest BCUT2D eigenvalue weighted by molar-refractivity contribution is 5.98. The van der Waals surface area contributed by atoms with Gasteiger partial charge >= 0.3 is 5.97 Å². The van der Waals surface area contributed by atoms with E-state index in [-0.39, 0.29) is 11.8 Å². The first-order valence-electron chi connectivity index (χ1n) is 8.99. The fourth-order valence-electron chi connectivity index (χ4n) is 3.37. The molecule has 0 radical (unpaired) electrons. The Kier molecular flexibility index (Phi) is 5.86. The SMILES string of the molecule is O=C(N[C@H](Cc1ccccc1)C(=O)N1CCC[C@@H]1C(=O)O)c1ccccc1. The fourth-order valence-corrected chi connectivity index (χ4v) is 3.37. The Balaban J connectivity index is 1.81. The molecule has 1 aliphatic rings. The Bertz CT molecular complexity index is 807. The molecule has 6 nitrogen and oxygen atoms in total. The quantitative estimate of drug-likeness (QED) is 0.820. The van der Waals surface area contributed by atoms with Crippen molar-refractivity contribution in [2.45, 2.75) is 31.3 Å². The van der Waals surface area contributed by atoms with Crippen LogP contribution in [0.25, 0.3) is 0 Å². The molecule has 0 spiro atoms. The molecule has 0 saturated carbocycles. The monoisotopic (exact) mass is 366 g/mol. The Labute approximate surface area is 157 Å². The summed E-state index contributed by atoms with van der Waals surface area (Å²) in [5.41, 5.74) is 1.36. The number of hydrogen-bond donors (Lipinski definition) is 2. The molecule has 0 bridgehead atoms. The predicted octanol–water partition coefficient (Wildman–Crippen LogP) is 2.10. The number of likely N-dealkylation sites (tertiary alicyclic amines) is 1. The molecule has 1 aliphatic heterocycles. The Hall–Kier alpha value is -3.15. The second-order valence-corrected chi connectivity index (χ2v) is 6.61. The molecule has 2 aromatic rings. The Morgan fingerprint density at radius 2 is 1.67 bits per heavy atom. The third-order valence-electron chi connectivity index (χ3n) is 4.74. The van der Waals surface area contributed by atoms with Gasteiger partial charge in [-0.3, -0.25) is 9.59 Å². The molecule has 1 fully saturated rings. The van der Waals surface area contributed by atoms with Gasteiger partial charge in [-0.05, 0) is 30.5 Å². The van der Waals surface area contributed by atoms with Crippen molar-refractivity contribution >= 4 is 17.8 Å². The minimum Gasteiger partial charge on any atom is -0.480 e. The number of benzene rings is 2. The maximum absolute atomic E-state index is 13.1. The number of carboxylic acid groups (broad SMARTS) is 1. The third-order valence-corrected chi connectivity index (χ3v) is 4.74. The van der Waals surface area contributed by atoms with Crippen LogP contribution in [0.4, 0.5) is 0 Å². The van der Waals surface area contributed by atoms with E-state index in [1.807, 2.05) is 36.4 Å². The largest absolute Gasteiger partial charge is 0.480 e. The summed E-state index contributed by atoms with van der Waals surface area (Å²) >= 11 is 0. The van der Waals surface area contributed by atoms with Crippen LogP contribution in [0.5, 0.6) is 0 Å². The number of hydrogen-bond acceptors (Lipinski definition) is 3. The molecule has 6 heteroatoms. The highest BCUT2D eigenvalue weighted by Crippen LogP contribution is 2.20. The van der Waals surface area contributed by atoms with E-state index in [1.165, 1.54) is 4.90 Å². The van der Waals surface area contributed by atoms with Gasteiger partial charge in [0.15, 0.2) is 0 Å². The van der Waals surface area contributed by atoms with Crippen molar-refractivity contribution in [1.29, 1.82) is 0 Å². The zero-order valence-electron chi connectivity index (χ0n) is 14.9. The summed E-state index contributed by atoms with van der Waals surface area (Å²) in [5, 5.41) is 12.2. The van der Waals surface area contributed by atoms with Crippen LogP contribution < -0.4 is 5.32 Å². The molecule has 27 heavy (non-hydrogen) atoms. The number of nitrogens with one attached hydrogen (secondary N) is 1. The van der Waals surface area contributed by atoms with Crippen LogP contribution in [-0.2, 0) is 16.0 Å². The van der Waals surface area contributed by atoms with Crippen LogP contribution in [0.3, 0.4) is 0 Å². The molecule has 1 saturated heterocycles. The molecular weight excluding hydrogens is 344 g/mol. The van der Waals surface area contributed by atoms with Crippen molar-refractivity contribution in [2.75, 3.05) is 6.54 Å². The van der Waals surface area contributed by atoms with Gasteiger partial charge in [0.2, 0.25) is 5.91 Å². The zero-order chi connectivity index (χ0) is 19.2. The van der Waals surface area contributed by atoms with Gasteiger partial charge in [-0.15, -0.1) is 0 Å². The van der Waals surface area contributed by atoms with E-state index in [9.17, 15) is 19.5 Å². The molecule has 0 aromatic heterocycles. The van der Waals surface area contributed by atoms with Crippen molar-refractivity contribution in [2.24, 2.45) is 0 Å². The summed E-state index contributed by atoms with van der Waals surface area (Å²) in [6.07, 6.45) is 1.39. The second kappa shape index (κ2) is 8.49. The summed E-state index contributed by atoms with van der Waals surface area (Å²) in [7, 11) is 0. The molecule has 2 atom stereocenters. The lowest BCUT2D eigenvalue weighted by Crippen LogP contribution is -2.52. The van der Waals surface area contributed by atoms with Gasteiger partial charge < -0.3 is 15.3 Å². The van der Waals surface area contributed by atoms with Crippen LogP contribution in [0.15, 0.2) is 60.7 Å². The van der Waals surface area contributed by atoms with Gasteiger partial charge in [0, 0.05) is 18.5 Å². The van der Waals surface area contributed by atoms with Crippen molar-refractivity contribution in [3.05, 3.63) is 71.8 Å². The maximum atomic E-state index is 13.1. The standard InChI is InChI=1S/C21H22N2O4/c24-19(16-10-5-2-6-11-16)22-17(14-15-8-3-1-4-9-15)20(25)23-13-7-12-18(23)21(26)27/h1-6,8-11,17-18H,7,12-14H2,(H,22,24)(H,26,27)/t17-,18-/m1/s1. The van der Waals surface area contributed by atoms with Crippen LogP contribution >= 0.6 is 0 Å². The summed E-state index contributed by atoms with van der Waals surface area (Å²) in [5.74, 6) is -1.71. The van der Waals surface area contributed by atoms with Crippen molar-refractivity contribution < 1.29 is 19.5 Å². The minimum atomic E-state index is -1.01. The average molecular weight is 366 g/mol. The fraction of sp³-hybridized carbons (Fsp3) is 0.286. The first kappa shape index (κ1) is 18.6. The summed E-state index contributed by atoms with van der Waals surface area (Å²) in [6.45, 7) is 0.391. The summed E-state index contributed by atoms with van der Waals surface area (Å²) in [4.78, 5) is 38.5. The number of carbonyl (C=O) groups is 3. The van der Waals surface area contributed by atoms with Gasteiger partial charge in [0.25, 0.3) is 5.91 Å². The van der Waals surface area contributed by atoms with Crippen LogP contribution in [-0.4, -0.2) is 46.4 Å². The number of rotatable bonds is 6. The van der Waals surface area contributed by atoms with E-state index < -0.39 is 18.1 Å². The number of nitrogens with zero attached hydrogens (tertiary/aromatic N) is 1. The van der Waals surface area contributed by atoms with E-state index >= 15 is 0 Å². The lowest BCUT2D eigenvalue weighted by Gasteiger charge is -2.27. The number of amides is 2. The first-order chi connectivity index (χ1) is 13.1. The van der Waals surface area contributed by atoms with Crippen molar-refractivity contribution in [3.63, 3.8) is 0 Å². The first-order valence-corrected chi connectivity index (χ1v) is 8.99. The summed E-state index contributed by atoms with van der Waals surface area (Å²) in [6, 6.07) is 16.4. The van der Waals surface area contributed by atoms with Gasteiger partial charge in [-0.2, -0.15) is 0 Å². The normalized spacial score (nSPS) is 17.3. The molecule has 1 heterocycles. The van der Waals surface area contributed by atoms with Crippen molar-refractivity contribution in [3.8, 4) is 0 Å². The molecule has 2 aromatic carbocycles. The van der Waals surface area contributed by atoms with Gasteiger partial charge in [-0.1, -0.05) is 48.5 Å². The zero-order valence-corrected chi connectivity index (χ0v) is 14.9. The van der Waals surface area contributed by atoms with Crippen molar-refractivity contribution in [1.82, 2.24) is 10.2 Å². The Morgan fingerprint density at radius 1 is 1.04 bits per heavy atom. The number of carbonyl (C=O) groups excluding carboxylic acids is 2. The van der Waals surface area contributed by atoms with E-state index in [2.05, 4.69) is 5.32 Å². The summed E-state index contributed by atoms with van der Waals surface area (Å²) < 4.78 is 0. The topological polar surface area (TPSA) is 86.7 Å². The van der Waals surface area contributed by atoms with Gasteiger partial charge in [-0.25, -0.2) is 4.79 Å². The molecular formula is C21H22N2O4. The molecule has 0 aliphatic carbocycles. The van der Waals surface area contributed by atoms with Crippen LogP contribution in [0.1, 0.15) is 28.8 Å². The van der Waals surface area contributed by atoms with E-state index in [1.54, 1.807) is 24.3 Å². The smallest absolute Gasteiger partial charge is 0.326 e. The molecule has 3 rings (SSSR count). The second-order valence-electron chi connectivity index (χ2n) is 6.61. The molecule has 2 amide bonds. The lowest BCUT2D eigenvalue weighted by atomic mass is 10.0. The van der Waals surface area contributed by atoms with Gasteiger partial charge in [0.05, 0.1) is 0 Å². The predicted molar refractivity (Wildman–Crippen MR) is 100 cm³/mol. The highest BCUT2D eigenvalue weighted by Gasteiger charge is 2.37. The average Bonchev–Trinajstić information content (AvgIpc) is 3.18. The van der Waals surface area contributed by atoms with Gasteiger partial charge in [0.1, 0.15) is 12.1 Å². The molecule has 2 N–H and O–H groups in total. The molecule has 0 unspecified atom stereocenters. The maximum Gasteiger partial charge on any atom is 0.326 e. The van der Waals surface area contributed by atoms with E-state index in [0.29, 0.717) is 31.4 Å². The van der Waals surface area contributed by atoms with E-state index in [0.717, 1.165) is 5.56 Å².